The Hall–Kier alpha value is -3.26. The van der Waals surface area contributed by atoms with Crippen molar-refractivity contribution in [2.75, 3.05) is 25.2 Å². The lowest BCUT2D eigenvalue weighted by molar-refractivity contribution is -0.121. The molecule has 1 saturated heterocycles. The molecule has 30 heavy (non-hydrogen) atoms. The van der Waals surface area contributed by atoms with E-state index >= 15 is 0 Å². The molecule has 1 atom stereocenters. The second-order valence-corrected chi connectivity index (χ2v) is 7.82. The standard InChI is InChI=1S/C22H24N4O4/c1-14(21(27)23-15-6-7-19-20(12-15)30-13-29-19)25-10-8-16(9-11-25)26-18-5-3-2-4-17(18)24-22(26)28/h2-7,12,14,16H,8-11,13H2,1H3,(H,23,27)(H,24,28). The van der Waals surface area contributed by atoms with Crippen molar-refractivity contribution in [3.63, 3.8) is 0 Å². The Kier molecular flexibility index (Phi) is 4.71. The third-order valence-corrected chi connectivity index (χ3v) is 6.06. The molecule has 1 unspecified atom stereocenters. The first-order valence-corrected chi connectivity index (χ1v) is 10.2. The van der Waals surface area contributed by atoms with E-state index in [1.54, 1.807) is 12.1 Å². The van der Waals surface area contributed by atoms with E-state index in [2.05, 4.69) is 15.2 Å². The van der Waals surface area contributed by atoms with Crippen molar-refractivity contribution in [2.45, 2.75) is 31.8 Å². The van der Waals surface area contributed by atoms with Crippen molar-refractivity contribution in [3.05, 3.63) is 52.9 Å². The highest BCUT2D eigenvalue weighted by Gasteiger charge is 2.29. The van der Waals surface area contributed by atoms with Crippen LogP contribution in [0.2, 0.25) is 0 Å². The van der Waals surface area contributed by atoms with Crippen LogP contribution in [0.1, 0.15) is 25.8 Å². The topological polar surface area (TPSA) is 88.6 Å². The minimum Gasteiger partial charge on any atom is -0.454 e. The zero-order valence-corrected chi connectivity index (χ0v) is 16.8. The number of imidazole rings is 1. The number of benzene rings is 2. The molecule has 0 bridgehead atoms. The number of likely N-dealkylation sites (tertiary alicyclic amines) is 1. The van der Waals surface area contributed by atoms with Crippen LogP contribution < -0.4 is 20.5 Å². The number of aromatic nitrogens is 2. The summed E-state index contributed by atoms with van der Waals surface area (Å²) >= 11 is 0. The number of aromatic amines is 1. The van der Waals surface area contributed by atoms with Gasteiger partial charge in [-0.25, -0.2) is 4.79 Å². The van der Waals surface area contributed by atoms with Gasteiger partial charge in [0.1, 0.15) is 0 Å². The molecule has 2 N–H and O–H groups in total. The van der Waals surface area contributed by atoms with Crippen molar-refractivity contribution >= 4 is 22.6 Å². The second kappa shape index (κ2) is 7.53. The molecule has 0 aliphatic carbocycles. The van der Waals surface area contributed by atoms with E-state index in [1.165, 1.54) is 0 Å². The summed E-state index contributed by atoms with van der Waals surface area (Å²) in [6.45, 7) is 3.64. The highest BCUT2D eigenvalue weighted by atomic mass is 16.7. The maximum atomic E-state index is 12.8. The van der Waals surface area contributed by atoms with Crippen molar-refractivity contribution in [3.8, 4) is 11.5 Å². The minimum atomic E-state index is -0.268. The number of hydrogen-bond donors (Lipinski definition) is 2. The number of carbonyl (C=O) groups is 1. The van der Waals surface area contributed by atoms with Crippen molar-refractivity contribution in [1.29, 1.82) is 0 Å². The van der Waals surface area contributed by atoms with Gasteiger partial charge in [-0.05, 0) is 44.0 Å². The van der Waals surface area contributed by atoms with Crippen LogP contribution in [-0.4, -0.2) is 46.3 Å². The van der Waals surface area contributed by atoms with Crippen molar-refractivity contribution in [1.82, 2.24) is 14.5 Å². The largest absolute Gasteiger partial charge is 0.454 e. The molecule has 0 spiro atoms. The Labute approximate surface area is 173 Å². The number of carbonyl (C=O) groups excluding carboxylic acids is 1. The van der Waals surface area contributed by atoms with Crippen LogP contribution in [0.3, 0.4) is 0 Å². The Morgan fingerprint density at radius 2 is 1.90 bits per heavy atom. The van der Waals surface area contributed by atoms with Crippen LogP contribution in [0.15, 0.2) is 47.3 Å². The Balaban J connectivity index is 1.23. The maximum Gasteiger partial charge on any atom is 0.326 e. The van der Waals surface area contributed by atoms with Crippen LogP contribution in [0, 0.1) is 0 Å². The molecule has 1 amide bonds. The summed E-state index contributed by atoms with van der Waals surface area (Å²) in [6, 6.07) is 13.0. The molecular weight excluding hydrogens is 384 g/mol. The third-order valence-electron chi connectivity index (χ3n) is 6.06. The van der Waals surface area contributed by atoms with E-state index in [-0.39, 0.29) is 30.5 Å². The smallest absolute Gasteiger partial charge is 0.326 e. The van der Waals surface area contributed by atoms with E-state index < -0.39 is 0 Å². The molecule has 156 valence electrons. The molecule has 2 aliphatic heterocycles. The lowest BCUT2D eigenvalue weighted by Gasteiger charge is -2.35. The Bertz CT molecular complexity index is 1140. The Morgan fingerprint density at radius 3 is 2.73 bits per heavy atom. The first-order valence-electron chi connectivity index (χ1n) is 10.2. The van der Waals surface area contributed by atoms with E-state index in [4.69, 9.17) is 9.47 Å². The number of H-pyrrole nitrogens is 1. The van der Waals surface area contributed by atoms with Gasteiger partial charge in [0.25, 0.3) is 0 Å². The monoisotopic (exact) mass is 408 g/mol. The van der Waals surface area contributed by atoms with Gasteiger partial charge in [0.15, 0.2) is 11.5 Å². The summed E-state index contributed by atoms with van der Waals surface area (Å²) in [5.41, 5.74) is 2.43. The molecule has 8 nitrogen and oxygen atoms in total. The predicted molar refractivity (Wildman–Crippen MR) is 113 cm³/mol. The fourth-order valence-electron chi connectivity index (χ4n) is 4.35. The fraction of sp³-hybridized carbons (Fsp3) is 0.364. The average Bonchev–Trinajstić information content (AvgIpc) is 3.36. The highest BCUT2D eigenvalue weighted by Crippen LogP contribution is 2.34. The number of anilines is 1. The predicted octanol–water partition coefficient (Wildman–Crippen LogP) is 2.72. The molecule has 0 saturated carbocycles. The number of rotatable bonds is 4. The number of ether oxygens (including phenoxy) is 2. The summed E-state index contributed by atoms with van der Waals surface area (Å²) in [5.74, 6) is 1.28. The zero-order valence-electron chi connectivity index (χ0n) is 16.8. The third kappa shape index (κ3) is 3.33. The van der Waals surface area contributed by atoms with Crippen LogP contribution in [0.5, 0.6) is 11.5 Å². The molecule has 2 aromatic carbocycles. The van der Waals surface area contributed by atoms with Crippen LogP contribution in [0.4, 0.5) is 5.69 Å². The van der Waals surface area contributed by atoms with Gasteiger partial charge >= 0.3 is 5.69 Å². The van der Waals surface area contributed by atoms with Gasteiger partial charge in [0.05, 0.1) is 17.1 Å². The van der Waals surface area contributed by atoms with Crippen LogP contribution >= 0.6 is 0 Å². The average molecular weight is 408 g/mol. The summed E-state index contributed by atoms with van der Waals surface area (Å²) in [6.07, 6.45) is 1.65. The summed E-state index contributed by atoms with van der Waals surface area (Å²) < 4.78 is 12.5. The molecule has 3 aromatic rings. The van der Waals surface area contributed by atoms with Gasteiger partial charge in [-0.3, -0.25) is 14.3 Å². The first kappa shape index (κ1) is 18.7. The second-order valence-electron chi connectivity index (χ2n) is 7.82. The van der Waals surface area contributed by atoms with Crippen molar-refractivity contribution in [2.24, 2.45) is 0 Å². The van der Waals surface area contributed by atoms with E-state index in [0.29, 0.717) is 17.2 Å². The minimum absolute atomic E-state index is 0.0587. The zero-order chi connectivity index (χ0) is 20.7. The fourth-order valence-corrected chi connectivity index (χ4v) is 4.35. The number of hydrogen-bond acceptors (Lipinski definition) is 5. The van der Waals surface area contributed by atoms with Gasteiger partial charge in [0, 0.05) is 30.9 Å². The number of nitrogens with zero attached hydrogens (tertiary/aromatic N) is 2. The van der Waals surface area contributed by atoms with E-state index in [1.807, 2.05) is 41.8 Å². The van der Waals surface area contributed by atoms with Crippen molar-refractivity contribution < 1.29 is 14.3 Å². The van der Waals surface area contributed by atoms with Gasteiger partial charge < -0.3 is 19.8 Å². The molecule has 8 heteroatoms. The summed E-state index contributed by atoms with van der Waals surface area (Å²) in [5, 5.41) is 2.96. The van der Waals surface area contributed by atoms with E-state index in [0.717, 1.165) is 37.0 Å². The maximum absolute atomic E-state index is 12.8. The Morgan fingerprint density at radius 1 is 1.13 bits per heavy atom. The number of para-hydroxylation sites is 2. The van der Waals surface area contributed by atoms with Gasteiger partial charge in [0.2, 0.25) is 12.7 Å². The quantitative estimate of drug-likeness (QED) is 0.693. The molecule has 1 aromatic heterocycles. The molecule has 1 fully saturated rings. The molecule has 3 heterocycles. The van der Waals surface area contributed by atoms with E-state index in [9.17, 15) is 9.59 Å². The summed E-state index contributed by atoms with van der Waals surface area (Å²) in [7, 11) is 0. The van der Waals surface area contributed by atoms with Crippen LogP contribution in [-0.2, 0) is 4.79 Å². The van der Waals surface area contributed by atoms with Crippen LogP contribution in [0.25, 0.3) is 11.0 Å². The SMILES string of the molecule is CC(C(=O)Nc1ccc2c(c1)OCO2)N1CCC(n2c(=O)[nH]c3ccccc32)CC1. The lowest BCUT2D eigenvalue weighted by Crippen LogP contribution is -2.46. The first-order chi connectivity index (χ1) is 14.6. The molecule has 2 aliphatic rings. The number of fused-ring (bicyclic) bond motifs is 2. The summed E-state index contributed by atoms with van der Waals surface area (Å²) in [4.78, 5) is 30.3. The van der Waals surface area contributed by atoms with Gasteiger partial charge in [-0.15, -0.1) is 0 Å². The molecule has 5 rings (SSSR count). The van der Waals surface area contributed by atoms with Gasteiger partial charge in [-0.1, -0.05) is 12.1 Å². The number of amides is 1. The van der Waals surface area contributed by atoms with Gasteiger partial charge in [-0.2, -0.15) is 0 Å². The normalized spacial score (nSPS) is 17.9. The molecular formula is C22H24N4O4. The highest BCUT2D eigenvalue weighted by molar-refractivity contribution is 5.94. The number of nitrogens with one attached hydrogen (secondary N) is 2. The molecule has 0 radical (unpaired) electrons. The number of piperidine rings is 1. The lowest BCUT2D eigenvalue weighted by atomic mass is 10.0.